The number of nitrogens with zero attached hydrogens (tertiary/aromatic N) is 2. The molecule has 0 aliphatic carbocycles. The Morgan fingerprint density at radius 3 is 1.20 bits per heavy atom. The van der Waals surface area contributed by atoms with Crippen molar-refractivity contribution in [1.82, 2.24) is 0 Å². The maximum Gasteiger partial charge on any atom is 0.108 e. The van der Waals surface area contributed by atoms with Gasteiger partial charge in [0.25, 0.3) is 0 Å². The number of hydrogen-bond acceptors (Lipinski definition) is 4. The van der Waals surface area contributed by atoms with Gasteiger partial charge in [-0.05, 0) is 0 Å². The van der Waals surface area contributed by atoms with E-state index in [9.17, 15) is 0 Å². The molecule has 0 rings (SSSR count). The molecule has 0 aliphatic rings. The number of allylic oxidation sites excluding steroid dienone is 2. The number of rotatable bonds is 0. The van der Waals surface area contributed by atoms with Gasteiger partial charge in [0.15, 0.2) is 0 Å². The Bertz CT molecular complexity index is 178. The van der Waals surface area contributed by atoms with Crippen LogP contribution in [0.15, 0.2) is 9.81 Å². The zero-order valence-corrected chi connectivity index (χ0v) is 11.6. The fourth-order valence-electron chi connectivity index (χ4n) is 0.106. The van der Waals surface area contributed by atoms with Gasteiger partial charge in [-0.25, -0.2) is 0 Å². The molecule has 0 aromatic heterocycles. The second-order valence-corrected chi connectivity index (χ2v) is 1.82. The van der Waals surface area contributed by atoms with Crippen molar-refractivity contribution in [3.8, 4) is 12.1 Å². The van der Waals surface area contributed by atoms with E-state index in [1.807, 2.05) is 0 Å². The van der Waals surface area contributed by atoms with Crippen molar-refractivity contribution < 1.29 is 0 Å². The Morgan fingerprint density at radius 1 is 0.900 bits per heavy atom. The minimum atomic E-state index is 0. The van der Waals surface area contributed by atoms with Crippen LogP contribution in [0.1, 0.15) is 0 Å². The molecule has 0 fully saturated rings. The standard InChI is InChI=1S/C4H2N2S2.2Na/c5-1-3(7)4(8)2-6;;/h7-8H;;. The van der Waals surface area contributed by atoms with Crippen LogP contribution in [0.5, 0.6) is 0 Å². The van der Waals surface area contributed by atoms with Crippen LogP contribution in [0.3, 0.4) is 0 Å². The van der Waals surface area contributed by atoms with Crippen LogP contribution in [0, 0.1) is 22.7 Å². The Morgan fingerprint density at radius 2 is 1.10 bits per heavy atom. The normalized spacial score (nSPS) is 8.80. The third-order valence-corrected chi connectivity index (χ3v) is 1.26. The second kappa shape index (κ2) is 10.4. The van der Waals surface area contributed by atoms with Crippen LogP contribution in [-0.2, 0) is 0 Å². The van der Waals surface area contributed by atoms with Crippen molar-refractivity contribution in [2.75, 3.05) is 0 Å². The SMILES string of the molecule is N#CC(S)=C(S)C#N.[Na].[Na]. The van der Waals surface area contributed by atoms with E-state index < -0.39 is 0 Å². The minimum absolute atomic E-state index is 0. The molecule has 0 heterocycles. The van der Waals surface area contributed by atoms with E-state index >= 15 is 0 Å². The molecule has 0 unspecified atom stereocenters. The van der Waals surface area contributed by atoms with Crippen LogP contribution in [-0.4, -0.2) is 59.1 Å². The largest absolute Gasteiger partial charge is 0.192 e. The van der Waals surface area contributed by atoms with Crippen molar-refractivity contribution in [3.63, 3.8) is 0 Å². The van der Waals surface area contributed by atoms with E-state index in [4.69, 9.17) is 10.5 Å². The van der Waals surface area contributed by atoms with Gasteiger partial charge >= 0.3 is 0 Å². The molecule has 0 N–H and O–H groups in total. The minimum Gasteiger partial charge on any atom is -0.192 e. The molecule has 0 saturated carbocycles. The van der Waals surface area contributed by atoms with Gasteiger partial charge in [0, 0.05) is 59.1 Å². The Kier molecular flexibility index (Phi) is 18.2. The zero-order chi connectivity index (χ0) is 6.57. The summed E-state index contributed by atoms with van der Waals surface area (Å²) < 4.78 is 0. The van der Waals surface area contributed by atoms with Crippen LogP contribution in [0.4, 0.5) is 0 Å². The predicted molar refractivity (Wildman–Crippen MR) is 47.7 cm³/mol. The molecule has 0 aromatic rings. The van der Waals surface area contributed by atoms with Gasteiger partial charge in [-0.1, -0.05) is 0 Å². The molecule has 0 atom stereocenters. The van der Waals surface area contributed by atoms with Gasteiger partial charge in [-0.3, -0.25) is 0 Å². The average Bonchev–Trinajstić information content (AvgIpc) is 1.84. The first-order valence-corrected chi connectivity index (χ1v) is 2.54. The molecule has 2 nitrogen and oxygen atoms in total. The smallest absolute Gasteiger partial charge is 0.108 e. The van der Waals surface area contributed by atoms with E-state index in [2.05, 4.69) is 25.3 Å². The fourth-order valence-corrected chi connectivity index (χ4v) is 0.206. The molecule has 0 aromatic carbocycles. The van der Waals surface area contributed by atoms with Crippen LogP contribution in [0.25, 0.3) is 0 Å². The van der Waals surface area contributed by atoms with Gasteiger partial charge in [0.2, 0.25) is 0 Å². The summed E-state index contributed by atoms with van der Waals surface area (Å²) in [6, 6.07) is 3.32. The Balaban J connectivity index is -0.000000245. The number of thiol groups is 2. The molecule has 2 radical (unpaired) electrons. The molecule has 10 heavy (non-hydrogen) atoms. The van der Waals surface area contributed by atoms with Gasteiger partial charge in [0.05, 0.1) is 0 Å². The van der Waals surface area contributed by atoms with Crippen molar-refractivity contribution >= 4 is 84.4 Å². The predicted octanol–water partition coefficient (Wildman–Crippen LogP) is 0.343. The van der Waals surface area contributed by atoms with Crippen LogP contribution >= 0.6 is 25.3 Å². The molecule has 0 saturated heterocycles. The summed E-state index contributed by atoms with van der Waals surface area (Å²) in [5.74, 6) is 0. The maximum absolute atomic E-state index is 8.05. The van der Waals surface area contributed by atoms with Crippen molar-refractivity contribution in [3.05, 3.63) is 9.81 Å². The van der Waals surface area contributed by atoms with E-state index in [0.717, 1.165) is 0 Å². The third kappa shape index (κ3) is 7.53. The Hall–Kier alpha value is 1.42. The summed E-state index contributed by atoms with van der Waals surface area (Å²) in [5.41, 5.74) is 0. The maximum atomic E-state index is 8.05. The van der Waals surface area contributed by atoms with Crippen LogP contribution in [0.2, 0.25) is 0 Å². The molecular weight excluding hydrogens is 186 g/mol. The van der Waals surface area contributed by atoms with Gasteiger partial charge in [-0.2, -0.15) is 10.5 Å². The third-order valence-electron chi connectivity index (χ3n) is 0.436. The van der Waals surface area contributed by atoms with Crippen molar-refractivity contribution in [2.45, 2.75) is 0 Å². The molecule has 0 amide bonds. The number of hydrogen-bond donors (Lipinski definition) is 2. The molecule has 6 heteroatoms. The van der Waals surface area contributed by atoms with Gasteiger partial charge < -0.3 is 0 Å². The monoisotopic (exact) mass is 188 g/mol. The van der Waals surface area contributed by atoms with Crippen LogP contribution < -0.4 is 0 Å². The summed E-state index contributed by atoms with van der Waals surface area (Å²) in [7, 11) is 0. The summed E-state index contributed by atoms with van der Waals surface area (Å²) in [5, 5.41) is 16.1. The summed E-state index contributed by atoms with van der Waals surface area (Å²) >= 11 is 7.25. The molecule has 0 spiro atoms. The molecular formula is C4H2N2Na2S2. The van der Waals surface area contributed by atoms with E-state index in [-0.39, 0.29) is 68.9 Å². The van der Waals surface area contributed by atoms with Crippen molar-refractivity contribution in [2.24, 2.45) is 0 Å². The van der Waals surface area contributed by atoms with E-state index in [0.29, 0.717) is 0 Å². The van der Waals surface area contributed by atoms with Gasteiger partial charge in [0.1, 0.15) is 21.9 Å². The van der Waals surface area contributed by atoms with E-state index in [1.54, 1.807) is 12.1 Å². The summed E-state index contributed by atoms with van der Waals surface area (Å²) in [4.78, 5) is 0.103. The first-order valence-electron chi connectivity index (χ1n) is 1.64. The quantitative estimate of drug-likeness (QED) is 0.327. The number of nitriles is 2. The van der Waals surface area contributed by atoms with Crippen molar-refractivity contribution in [1.29, 1.82) is 10.5 Å². The van der Waals surface area contributed by atoms with E-state index in [1.165, 1.54) is 0 Å². The first-order chi connectivity index (χ1) is 3.72. The second-order valence-electron chi connectivity index (χ2n) is 0.921. The summed E-state index contributed by atoms with van der Waals surface area (Å²) in [6.07, 6.45) is 0. The molecule has 0 bridgehead atoms. The average molecular weight is 188 g/mol. The van der Waals surface area contributed by atoms with Gasteiger partial charge in [-0.15, -0.1) is 25.3 Å². The fraction of sp³-hybridized carbons (Fsp3) is 0. The Labute approximate surface area is 115 Å². The topological polar surface area (TPSA) is 47.6 Å². The summed E-state index contributed by atoms with van der Waals surface area (Å²) in [6.45, 7) is 0. The first kappa shape index (κ1) is 17.5. The molecule has 0 aliphatic heterocycles. The molecule has 42 valence electrons. The zero-order valence-electron chi connectivity index (χ0n) is 5.79.